The molecule has 0 saturated carbocycles. The Balaban J connectivity index is 1.55. The molecule has 0 radical (unpaired) electrons. The number of rotatable bonds is 6. The number of ether oxygens (including phenoxy) is 2. The van der Waals surface area contributed by atoms with E-state index in [-0.39, 0.29) is 24.6 Å². The summed E-state index contributed by atoms with van der Waals surface area (Å²) in [4.78, 5) is 16.1. The first-order chi connectivity index (χ1) is 12.7. The minimum atomic E-state index is -0.362. The zero-order chi connectivity index (χ0) is 18.4. The van der Waals surface area contributed by atoms with Crippen molar-refractivity contribution >= 4 is 0 Å². The zero-order valence-electron chi connectivity index (χ0n) is 13.6. The second-order valence-corrected chi connectivity index (χ2v) is 5.24. The summed E-state index contributed by atoms with van der Waals surface area (Å²) < 4.78 is 25.2. The van der Waals surface area contributed by atoms with Crippen molar-refractivity contribution in [1.82, 2.24) is 9.55 Å². The molecule has 3 rings (SSSR count). The summed E-state index contributed by atoms with van der Waals surface area (Å²) in [5.41, 5.74) is 0.734. The van der Waals surface area contributed by atoms with Gasteiger partial charge in [-0.15, -0.1) is 0 Å². The molecule has 0 atom stereocenters. The van der Waals surface area contributed by atoms with Crippen LogP contribution in [0.5, 0.6) is 11.6 Å². The van der Waals surface area contributed by atoms with E-state index in [1.165, 1.54) is 41.1 Å². The Hall–Kier alpha value is -3.66. The normalized spacial score (nSPS) is 10.2. The Bertz CT molecular complexity index is 977. The molecule has 2 aromatic heterocycles. The molecular formula is C19H14FN3O3. The van der Waals surface area contributed by atoms with Crippen molar-refractivity contribution in [3.8, 4) is 23.4 Å². The summed E-state index contributed by atoms with van der Waals surface area (Å²) in [5.74, 6) is 0.433. The topological polar surface area (TPSA) is 77.1 Å². The average Bonchev–Trinajstić information content (AvgIpc) is 2.67. The van der Waals surface area contributed by atoms with E-state index in [0.29, 0.717) is 22.9 Å². The van der Waals surface area contributed by atoms with Crippen molar-refractivity contribution in [2.45, 2.75) is 0 Å². The molecule has 6 nitrogen and oxygen atoms in total. The molecule has 7 heteroatoms. The quantitative estimate of drug-likeness (QED) is 0.638. The monoisotopic (exact) mass is 351 g/mol. The van der Waals surface area contributed by atoms with Gasteiger partial charge in [0, 0.05) is 30.2 Å². The number of nitriles is 1. The lowest BCUT2D eigenvalue weighted by Crippen LogP contribution is -2.17. The van der Waals surface area contributed by atoms with Crippen molar-refractivity contribution in [2.75, 3.05) is 13.2 Å². The summed E-state index contributed by atoms with van der Waals surface area (Å²) >= 11 is 0. The Morgan fingerprint density at radius 2 is 1.85 bits per heavy atom. The molecule has 26 heavy (non-hydrogen) atoms. The second-order valence-electron chi connectivity index (χ2n) is 5.24. The van der Waals surface area contributed by atoms with Gasteiger partial charge in [-0.1, -0.05) is 0 Å². The van der Waals surface area contributed by atoms with Gasteiger partial charge in [0.05, 0.1) is 5.56 Å². The average molecular weight is 351 g/mol. The molecule has 0 aliphatic heterocycles. The summed E-state index contributed by atoms with van der Waals surface area (Å²) in [6.07, 6.45) is 2.99. The first-order valence-corrected chi connectivity index (χ1v) is 7.76. The number of hydrogen-bond donors (Lipinski definition) is 0. The van der Waals surface area contributed by atoms with E-state index >= 15 is 0 Å². The molecule has 0 aliphatic rings. The second kappa shape index (κ2) is 7.94. The van der Waals surface area contributed by atoms with Gasteiger partial charge in [-0.05, 0) is 36.4 Å². The van der Waals surface area contributed by atoms with Gasteiger partial charge in [-0.25, -0.2) is 9.37 Å². The third-order valence-corrected chi connectivity index (χ3v) is 3.46. The summed E-state index contributed by atoms with van der Waals surface area (Å²) in [5, 5.41) is 8.70. The first-order valence-electron chi connectivity index (χ1n) is 7.76. The lowest BCUT2D eigenvalue weighted by molar-refractivity contribution is 0.211. The highest BCUT2D eigenvalue weighted by Gasteiger charge is 2.03. The molecule has 1 aromatic carbocycles. The molecule has 0 spiro atoms. The highest BCUT2D eigenvalue weighted by Crippen LogP contribution is 2.11. The molecule has 0 aliphatic carbocycles. The number of nitrogens with zero attached hydrogens (tertiary/aromatic N) is 3. The third-order valence-electron chi connectivity index (χ3n) is 3.46. The summed E-state index contributed by atoms with van der Waals surface area (Å²) in [6.45, 7) is 0.460. The standard InChI is InChI=1S/C19H14FN3O3/c20-15-2-4-16(5-3-15)23-8-7-17(11-19(23)24)25-9-10-26-18-6-1-14(12-21)13-22-18/h1-8,11,13H,9-10H2. The fourth-order valence-electron chi connectivity index (χ4n) is 2.20. The van der Waals surface area contributed by atoms with Crippen molar-refractivity contribution < 1.29 is 13.9 Å². The van der Waals surface area contributed by atoms with Crippen LogP contribution in [0, 0.1) is 17.1 Å². The lowest BCUT2D eigenvalue weighted by atomic mass is 10.3. The number of aromatic nitrogens is 2. The molecule has 0 bridgehead atoms. The summed E-state index contributed by atoms with van der Waals surface area (Å²) in [7, 11) is 0. The van der Waals surface area contributed by atoms with Gasteiger partial charge in [0.15, 0.2) is 0 Å². The van der Waals surface area contributed by atoms with E-state index < -0.39 is 0 Å². The molecule has 0 amide bonds. The number of benzene rings is 1. The molecule has 2 heterocycles. The van der Waals surface area contributed by atoms with E-state index in [9.17, 15) is 9.18 Å². The van der Waals surface area contributed by atoms with Gasteiger partial charge in [-0.2, -0.15) is 5.26 Å². The highest BCUT2D eigenvalue weighted by atomic mass is 19.1. The van der Waals surface area contributed by atoms with Crippen LogP contribution in [0.4, 0.5) is 4.39 Å². The molecule has 0 N–H and O–H groups in total. The van der Waals surface area contributed by atoms with Crippen LogP contribution in [-0.2, 0) is 0 Å². The van der Waals surface area contributed by atoms with Crippen LogP contribution in [0.1, 0.15) is 5.56 Å². The Morgan fingerprint density at radius 1 is 1.08 bits per heavy atom. The van der Waals surface area contributed by atoms with Crippen LogP contribution in [0.25, 0.3) is 5.69 Å². The smallest absolute Gasteiger partial charge is 0.258 e. The van der Waals surface area contributed by atoms with Gasteiger partial charge in [0.25, 0.3) is 5.56 Å². The van der Waals surface area contributed by atoms with Gasteiger partial charge >= 0.3 is 0 Å². The van der Waals surface area contributed by atoms with Crippen LogP contribution in [0.2, 0.25) is 0 Å². The first kappa shape index (κ1) is 17.2. The Kier molecular flexibility index (Phi) is 5.25. The summed E-state index contributed by atoms with van der Waals surface area (Å²) in [6, 6.07) is 13.8. The van der Waals surface area contributed by atoms with E-state index in [4.69, 9.17) is 14.7 Å². The van der Waals surface area contributed by atoms with Gasteiger partial charge < -0.3 is 9.47 Å². The Labute approximate surface area is 148 Å². The van der Waals surface area contributed by atoms with Gasteiger partial charge in [-0.3, -0.25) is 9.36 Å². The van der Waals surface area contributed by atoms with Crippen molar-refractivity contribution in [2.24, 2.45) is 0 Å². The minimum absolute atomic E-state index is 0.224. The van der Waals surface area contributed by atoms with Gasteiger partial charge in [0.2, 0.25) is 5.88 Å². The SMILES string of the molecule is N#Cc1ccc(OCCOc2ccn(-c3ccc(F)cc3)c(=O)c2)nc1. The molecular weight excluding hydrogens is 337 g/mol. The highest BCUT2D eigenvalue weighted by molar-refractivity contribution is 5.34. The zero-order valence-corrected chi connectivity index (χ0v) is 13.6. The van der Waals surface area contributed by atoms with Gasteiger partial charge in [0.1, 0.15) is 30.8 Å². The number of halogens is 1. The molecule has 3 aromatic rings. The fourth-order valence-corrected chi connectivity index (χ4v) is 2.20. The van der Waals surface area contributed by atoms with Crippen molar-refractivity contribution in [3.63, 3.8) is 0 Å². The molecule has 0 fully saturated rings. The largest absolute Gasteiger partial charge is 0.490 e. The minimum Gasteiger partial charge on any atom is -0.490 e. The molecule has 0 unspecified atom stereocenters. The lowest BCUT2D eigenvalue weighted by Gasteiger charge is -2.09. The van der Waals surface area contributed by atoms with Crippen LogP contribution < -0.4 is 15.0 Å². The fraction of sp³-hybridized carbons (Fsp3) is 0.105. The van der Waals surface area contributed by atoms with E-state index in [1.54, 1.807) is 24.4 Å². The number of hydrogen-bond acceptors (Lipinski definition) is 5. The maximum absolute atomic E-state index is 13.0. The van der Waals surface area contributed by atoms with Crippen LogP contribution in [0.15, 0.2) is 65.7 Å². The van der Waals surface area contributed by atoms with Crippen molar-refractivity contribution in [3.05, 3.63) is 82.7 Å². The predicted octanol–water partition coefficient (Wildman–Crippen LogP) is 2.70. The van der Waals surface area contributed by atoms with E-state index in [1.807, 2.05) is 6.07 Å². The third kappa shape index (κ3) is 4.24. The maximum Gasteiger partial charge on any atom is 0.258 e. The molecule has 0 saturated heterocycles. The van der Waals surface area contributed by atoms with E-state index in [0.717, 1.165) is 0 Å². The van der Waals surface area contributed by atoms with Crippen LogP contribution >= 0.6 is 0 Å². The van der Waals surface area contributed by atoms with Crippen LogP contribution in [-0.4, -0.2) is 22.8 Å². The Morgan fingerprint density at radius 3 is 2.50 bits per heavy atom. The maximum atomic E-state index is 13.0. The van der Waals surface area contributed by atoms with Crippen molar-refractivity contribution in [1.29, 1.82) is 5.26 Å². The molecule has 130 valence electrons. The number of pyridine rings is 2. The van der Waals surface area contributed by atoms with Crippen LogP contribution in [0.3, 0.4) is 0 Å². The predicted molar refractivity (Wildman–Crippen MR) is 91.9 cm³/mol. The van der Waals surface area contributed by atoms with E-state index in [2.05, 4.69) is 4.98 Å².